The summed E-state index contributed by atoms with van der Waals surface area (Å²) in [6.45, 7) is 10.6. The average molecular weight is 331 g/mol. The van der Waals surface area contributed by atoms with Crippen LogP contribution < -0.4 is 10.0 Å². The van der Waals surface area contributed by atoms with Gasteiger partial charge >= 0.3 is 0 Å². The van der Waals surface area contributed by atoms with E-state index in [-0.39, 0.29) is 4.75 Å². The monoisotopic (exact) mass is 330 g/mol. The van der Waals surface area contributed by atoms with E-state index in [1.165, 1.54) is 0 Å². The number of nitrogens with one attached hydrogen (secondary N) is 2. The Hall–Kier alpha value is -0.880. The van der Waals surface area contributed by atoms with Crippen molar-refractivity contribution in [3.05, 3.63) is 23.8 Å². The van der Waals surface area contributed by atoms with Gasteiger partial charge in [-0.25, -0.2) is 8.42 Å². The Morgan fingerprint density at radius 2 is 1.90 bits per heavy atom. The first-order chi connectivity index (χ1) is 9.46. The van der Waals surface area contributed by atoms with Crippen LogP contribution >= 0.6 is 11.8 Å². The zero-order valence-corrected chi connectivity index (χ0v) is 15.3. The lowest BCUT2D eigenvalue weighted by Gasteiger charge is -2.22. The van der Waals surface area contributed by atoms with Crippen molar-refractivity contribution in [3.63, 3.8) is 0 Å². The molecule has 1 aromatic rings. The van der Waals surface area contributed by atoms with Gasteiger partial charge in [0.2, 0.25) is 10.0 Å². The van der Waals surface area contributed by atoms with Gasteiger partial charge in [0.1, 0.15) is 0 Å². The third kappa shape index (κ3) is 7.62. The molecule has 6 heteroatoms. The second-order valence-electron chi connectivity index (χ2n) is 6.37. The second kappa shape index (κ2) is 6.92. The Morgan fingerprint density at radius 1 is 1.29 bits per heavy atom. The van der Waals surface area contributed by atoms with Gasteiger partial charge in [-0.05, 0) is 31.5 Å². The third-order valence-electron chi connectivity index (χ3n) is 2.71. The first-order valence-corrected chi connectivity index (χ1v) is 9.83. The summed E-state index contributed by atoms with van der Waals surface area (Å²) in [5.74, 6) is 0.992. The summed E-state index contributed by atoms with van der Waals surface area (Å²) in [6, 6.07) is 6.04. The molecule has 21 heavy (non-hydrogen) atoms. The molecule has 2 N–H and O–H groups in total. The maximum Gasteiger partial charge on any atom is 0.229 e. The number of hydrogen-bond acceptors (Lipinski definition) is 4. The molecule has 0 radical (unpaired) electrons. The van der Waals surface area contributed by atoms with E-state index in [1.54, 1.807) is 0 Å². The quantitative estimate of drug-likeness (QED) is 0.835. The molecule has 4 nitrogen and oxygen atoms in total. The standard InChI is InChI=1S/C15H26N2O2S2/c1-11-7-8-13(9-14(11)17-21(6,18)19)16-12(2)10-20-15(3,4)5/h7-9,12,16-17H,10H2,1-6H3/t12-/m1/s1. The Kier molecular flexibility index (Phi) is 5.99. The van der Waals surface area contributed by atoms with Crippen LogP contribution in [0.25, 0.3) is 0 Å². The minimum Gasteiger partial charge on any atom is -0.382 e. The highest BCUT2D eigenvalue weighted by molar-refractivity contribution is 8.00. The van der Waals surface area contributed by atoms with E-state index in [4.69, 9.17) is 0 Å². The van der Waals surface area contributed by atoms with E-state index >= 15 is 0 Å². The van der Waals surface area contributed by atoms with Gasteiger partial charge in [-0.3, -0.25) is 4.72 Å². The van der Waals surface area contributed by atoms with Crippen molar-refractivity contribution in [2.75, 3.05) is 22.0 Å². The van der Waals surface area contributed by atoms with E-state index in [0.29, 0.717) is 11.7 Å². The molecular weight excluding hydrogens is 304 g/mol. The first-order valence-electron chi connectivity index (χ1n) is 6.95. The van der Waals surface area contributed by atoms with Crippen LogP contribution in [0.15, 0.2) is 18.2 Å². The van der Waals surface area contributed by atoms with Gasteiger partial charge in [0.15, 0.2) is 0 Å². The summed E-state index contributed by atoms with van der Waals surface area (Å²) in [7, 11) is -3.26. The zero-order valence-electron chi connectivity index (χ0n) is 13.6. The first kappa shape index (κ1) is 18.2. The van der Waals surface area contributed by atoms with E-state index < -0.39 is 10.0 Å². The van der Waals surface area contributed by atoms with E-state index in [2.05, 4.69) is 37.7 Å². The lowest BCUT2D eigenvalue weighted by atomic mass is 10.2. The summed E-state index contributed by atoms with van der Waals surface area (Å²) < 4.78 is 25.5. The zero-order chi connectivity index (χ0) is 16.3. The lowest BCUT2D eigenvalue weighted by Crippen LogP contribution is -2.22. The highest BCUT2D eigenvalue weighted by Gasteiger charge is 2.13. The normalized spacial score (nSPS) is 13.8. The Labute approximate surface area is 133 Å². The number of aryl methyl sites for hydroxylation is 1. The molecule has 0 aliphatic carbocycles. The van der Waals surface area contributed by atoms with Gasteiger partial charge in [0.25, 0.3) is 0 Å². The number of thioether (sulfide) groups is 1. The van der Waals surface area contributed by atoms with E-state index in [9.17, 15) is 8.42 Å². The smallest absolute Gasteiger partial charge is 0.229 e. The van der Waals surface area contributed by atoms with Crippen molar-refractivity contribution in [2.24, 2.45) is 0 Å². The van der Waals surface area contributed by atoms with Gasteiger partial charge in [0.05, 0.1) is 11.9 Å². The summed E-state index contributed by atoms with van der Waals surface area (Å²) in [5.41, 5.74) is 2.45. The van der Waals surface area contributed by atoms with Crippen LogP contribution in [0, 0.1) is 6.92 Å². The summed E-state index contributed by atoms with van der Waals surface area (Å²) in [5, 5.41) is 3.41. The Bertz CT molecular complexity index is 578. The highest BCUT2D eigenvalue weighted by Crippen LogP contribution is 2.26. The van der Waals surface area contributed by atoms with E-state index in [0.717, 1.165) is 23.3 Å². The molecule has 0 aliphatic rings. The molecule has 1 rings (SSSR count). The topological polar surface area (TPSA) is 58.2 Å². The molecule has 0 amide bonds. The molecule has 0 saturated heterocycles. The molecule has 0 bridgehead atoms. The molecule has 0 aromatic heterocycles. The summed E-state index contributed by atoms with van der Waals surface area (Å²) in [4.78, 5) is 0. The Morgan fingerprint density at radius 3 is 2.43 bits per heavy atom. The van der Waals surface area contributed by atoms with Gasteiger partial charge in [-0.2, -0.15) is 11.8 Å². The average Bonchev–Trinajstić information content (AvgIpc) is 2.28. The predicted octanol–water partition coefficient (Wildman–Crippen LogP) is 3.70. The fourth-order valence-corrected chi connectivity index (χ4v) is 3.18. The minimum atomic E-state index is -3.26. The number of rotatable bonds is 6. The van der Waals surface area contributed by atoms with Gasteiger partial charge < -0.3 is 5.32 Å². The van der Waals surface area contributed by atoms with E-state index in [1.807, 2.05) is 36.9 Å². The largest absolute Gasteiger partial charge is 0.382 e. The number of sulfonamides is 1. The van der Waals surface area contributed by atoms with Crippen LogP contribution in [-0.2, 0) is 10.0 Å². The Balaban J connectivity index is 2.74. The van der Waals surface area contributed by atoms with Crippen molar-refractivity contribution in [1.29, 1.82) is 0 Å². The molecular formula is C15H26N2O2S2. The molecule has 0 unspecified atom stereocenters. The molecule has 0 spiro atoms. The van der Waals surface area contributed by atoms with Crippen LogP contribution in [0.1, 0.15) is 33.3 Å². The molecule has 120 valence electrons. The van der Waals surface area contributed by atoms with Crippen molar-refractivity contribution < 1.29 is 8.42 Å². The maximum absolute atomic E-state index is 11.4. The molecule has 1 atom stereocenters. The summed E-state index contributed by atoms with van der Waals surface area (Å²) in [6.07, 6.45) is 1.16. The van der Waals surface area contributed by atoms with Crippen LogP contribution in [-0.4, -0.2) is 31.2 Å². The third-order valence-corrected chi connectivity index (χ3v) is 4.84. The molecule has 0 fully saturated rings. The molecule has 0 heterocycles. The number of hydrogen-bond donors (Lipinski definition) is 2. The van der Waals surface area contributed by atoms with Gasteiger partial charge in [-0.15, -0.1) is 0 Å². The van der Waals surface area contributed by atoms with Crippen molar-refractivity contribution in [3.8, 4) is 0 Å². The highest BCUT2D eigenvalue weighted by atomic mass is 32.2. The fraction of sp³-hybridized carbons (Fsp3) is 0.600. The van der Waals surface area contributed by atoms with Crippen LogP contribution in [0.4, 0.5) is 11.4 Å². The molecule has 0 saturated carbocycles. The second-order valence-corrected chi connectivity index (χ2v) is 9.97. The molecule has 1 aromatic carbocycles. The van der Waals surface area contributed by atoms with Crippen LogP contribution in [0.3, 0.4) is 0 Å². The SMILES string of the molecule is Cc1ccc(N[C@H](C)CSC(C)(C)C)cc1NS(C)(=O)=O. The maximum atomic E-state index is 11.4. The van der Waals surface area contributed by atoms with Crippen molar-refractivity contribution in [1.82, 2.24) is 0 Å². The van der Waals surface area contributed by atoms with Gasteiger partial charge in [0, 0.05) is 22.2 Å². The minimum absolute atomic E-state index is 0.242. The van der Waals surface area contributed by atoms with Crippen molar-refractivity contribution >= 4 is 33.2 Å². The number of anilines is 2. The lowest BCUT2D eigenvalue weighted by molar-refractivity contribution is 0.607. The van der Waals surface area contributed by atoms with Crippen molar-refractivity contribution in [2.45, 2.75) is 45.4 Å². The predicted molar refractivity (Wildman–Crippen MR) is 94.9 cm³/mol. The fourth-order valence-electron chi connectivity index (χ4n) is 1.72. The van der Waals surface area contributed by atoms with Gasteiger partial charge in [-0.1, -0.05) is 26.8 Å². The summed E-state index contributed by atoms with van der Waals surface area (Å²) >= 11 is 1.90. The van der Waals surface area contributed by atoms with Crippen LogP contribution in [0.5, 0.6) is 0 Å². The number of benzene rings is 1. The molecule has 0 aliphatic heterocycles. The van der Waals surface area contributed by atoms with Crippen LogP contribution in [0.2, 0.25) is 0 Å².